The largest absolute Gasteiger partial charge is 0.442 e. The highest BCUT2D eigenvalue weighted by Gasteiger charge is 2.23. The number of carbonyl (C=O) groups is 1. The van der Waals surface area contributed by atoms with Gasteiger partial charge in [0, 0.05) is 18.8 Å². The number of halogens is 1. The maximum atomic E-state index is 13.1. The molecule has 0 spiro atoms. The van der Waals surface area contributed by atoms with Crippen molar-refractivity contribution < 1.29 is 9.21 Å². The van der Waals surface area contributed by atoms with Crippen molar-refractivity contribution >= 4 is 35.1 Å². The highest BCUT2D eigenvalue weighted by Crippen LogP contribution is 2.22. The van der Waals surface area contributed by atoms with Gasteiger partial charge in [-0.3, -0.25) is 14.2 Å². The monoisotopic (exact) mass is 441 g/mol. The van der Waals surface area contributed by atoms with Gasteiger partial charge in [-0.05, 0) is 57.1 Å². The molecule has 3 aromatic rings. The first-order valence-electron chi connectivity index (χ1n) is 10.1. The van der Waals surface area contributed by atoms with Crippen molar-refractivity contribution in [1.82, 2.24) is 14.5 Å². The molecule has 1 N–H and O–H groups in total. The van der Waals surface area contributed by atoms with Gasteiger partial charge in [-0.1, -0.05) is 6.42 Å². The predicted octanol–water partition coefficient (Wildman–Crippen LogP) is 3.33. The summed E-state index contributed by atoms with van der Waals surface area (Å²) >= 11 is 0. The van der Waals surface area contributed by atoms with Crippen LogP contribution in [0.4, 0.5) is 5.69 Å². The van der Waals surface area contributed by atoms with Crippen LogP contribution in [0.3, 0.4) is 0 Å². The average molecular weight is 442 g/mol. The maximum absolute atomic E-state index is 13.1. The summed E-state index contributed by atoms with van der Waals surface area (Å²) in [6, 6.07) is 8.55. The van der Waals surface area contributed by atoms with Crippen molar-refractivity contribution in [3.63, 3.8) is 0 Å². The highest BCUT2D eigenvalue weighted by molar-refractivity contribution is 6.12. The van der Waals surface area contributed by atoms with Crippen LogP contribution in [0.1, 0.15) is 40.9 Å². The van der Waals surface area contributed by atoms with E-state index < -0.39 is 5.91 Å². The predicted molar refractivity (Wildman–Crippen MR) is 120 cm³/mol. The zero-order valence-electron chi connectivity index (χ0n) is 17.3. The Morgan fingerprint density at radius 1 is 1.19 bits per heavy atom. The molecule has 1 aromatic carbocycles. The number of fused-ring (bicyclic) bond motifs is 1. The van der Waals surface area contributed by atoms with Crippen molar-refractivity contribution in [1.29, 1.82) is 5.26 Å². The Morgan fingerprint density at radius 3 is 2.58 bits per heavy atom. The molecule has 1 aliphatic rings. The first-order chi connectivity index (χ1) is 14.6. The second-order valence-electron chi connectivity index (χ2n) is 7.50. The quantitative estimate of drug-likeness (QED) is 0.651. The van der Waals surface area contributed by atoms with E-state index in [2.05, 4.69) is 15.2 Å². The van der Waals surface area contributed by atoms with Gasteiger partial charge < -0.3 is 14.6 Å². The topological polar surface area (TPSA) is 104 Å². The minimum atomic E-state index is -0.441. The van der Waals surface area contributed by atoms with Gasteiger partial charge in [-0.25, -0.2) is 4.98 Å². The van der Waals surface area contributed by atoms with E-state index in [4.69, 9.17) is 9.68 Å². The minimum absolute atomic E-state index is 0. The summed E-state index contributed by atoms with van der Waals surface area (Å²) in [6.07, 6.45) is 5.12. The number of aromatic nitrogens is 2. The van der Waals surface area contributed by atoms with Gasteiger partial charge in [0.15, 0.2) is 0 Å². The van der Waals surface area contributed by atoms with E-state index in [1.807, 2.05) is 6.07 Å². The average Bonchev–Trinajstić information content (AvgIpc) is 3.11. The number of amides is 1. The Morgan fingerprint density at radius 2 is 1.90 bits per heavy atom. The number of nitrogens with zero attached hydrogens (tertiary/aromatic N) is 4. The van der Waals surface area contributed by atoms with Crippen molar-refractivity contribution in [2.75, 3.05) is 25.0 Å². The number of carbonyl (C=O) groups excluding carboxylic acids is 1. The zero-order valence-corrected chi connectivity index (χ0v) is 18.1. The first-order valence-corrected chi connectivity index (χ1v) is 10.1. The number of hydrogen-bond donors (Lipinski definition) is 1. The summed E-state index contributed by atoms with van der Waals surface area (Å²) < 4.78 is 7.13. The smallest absolute Gasteiger partial charge is 0.265 e. The molecular formula is C22H24ClN5O3. The molecule has 0 unspecified atom stereocenters. The van der Waals surface area contributed by atoms with Crippen LogP contribution in [0.2, 0.25) is 0 Å². The molecule has 0 radical (unpaired) electrons. The molecule has 9 heteroatoms. The molecule has 1 fully saturated rings. The highest BCUT2D eigenvalue weighted by atomic mass is 35.5. The molecule has 0 aliphatic carbocycles. The number of nitriles is 1. The lowest BCUT2D eigenvalue weighted by molar-refractivity contribution is 0.102. The molecule has 162 valence electrons. The van der Waals surface area contributed by atoms with Crippen LogP contribution in [0, 0.1) is 18.3 Å². The third-order valence-corrected chi connectivity index (χ3v) is 5.46. The van der Waals surface area contributed by atoms with E-state index in [0.29, 0.717) is 23.6 Å². The molecule has 3 heterocycles. The van der Waals surface area contributed by atoms with Crippen molar-refractivity contribution in [3.05, 3.63) is 57.8 Å². The fourth-order valence-corrected chi connectivity index (χ4v) is 3.82. The molecule has 2 aromatic heterocycles. The summed E-state index contributed by atoms with van der Waals surface area (Å²) in [5.41, 5.74) is 1.11. The molecule has 0 bridgehead atoms. The second-order valence-corrected chi connectivity index (χ2v) is 7.50. The van der Waals surface area contributed by atoms with Crippen LogP contribution in [0.25, 0.3) is 11.1 Å². The van der Waals surface area contributed by atoms with Gasteiger partial charge >= 0.3 is 0 Å². The molecule has 0 saturated carbocycles. The number of anilines is 1. The number of nitrogens with one attached hydrogen (secondary N) is 1. The van der Waals surface area contributed by atoms with E-state index in [0.717, 1.165) is 19.6 Å². The molecule has 31 heavy (non-hydrogen) atoms. The van der Waals surface area contributed by atoms with Crippen LogP contribution >= 0.6 is 12.4 Å². The van der Waals surface area contributed by atoms with Gasteiger partial charge in [0.25, 0.3) is 11.5 Å². The van der Waals surface area contributed by atoms with Crippen LogP contribution in [0.5, 0.6) is 0 Å². The number of benzene rings is 1. The second kappa shape index (κ2) is 9.77. The number of piperidine rings is 1. The lowest BCUT2D eigenvalue weighted by atomic mass is 10.1. The van der Waals surface area contributed by atoms with E-state index in [1.165, 1.54) is 25.6 Å². The SMILES string of the molecule is Cc1oc2ncn(CCN3CCCCC3)c(=O)c2c1C(=O)Nc1ccc(C#N)cc1.Cl. The summed E-state index contributed by atoms with van der Waals surface area (Å²) in [7, 11) is 0. The number of aryl methyl sites for hydroxylation is 1. The summed E-state index contributed by atoms with van der Waals surface area (Å²) in [5.74, 6) is -0.0989. The van der Waals surface area contributed by atoms with E-state index in [-0.39, 0.29) is 34.6 Å². The van der Waals surface area contributed by atoms with Gasteiger partial charge in [-0.2, -0.15) is 5.26 Å². The fourth-order valence-electron chi connectivity index (χ4n) is 3.82. The Bertz CT molecular complexity index is 1170. The Kier molecular flexibility index (Phi) is 7.10. The van der Waals surface area contributed by atoms with E-state index in [9.17, 15) is 9.59 Å². The van der Waals surface area contributed by atoms with Gasteiger partial charge in [0.1, 0.15) is 17.5 Å². The third kappa shape index (κ3) is 4.79. The number of rotatable bonds is 5. The van der Waals surface area contributed by atoms with Crippen molar-refractivity contribution in [2.24, 2.45) is 0 Å². The molecule has 8 nitrogen and oxygen atoms in total. The summed E-state index contributed by atoms with van der Waals surface area (Å²) in [4.78, 5) is 32.6. The number of hydrogen-bond acceptors (Lipinski definition) is 6. The van der Waals surface area contributed by atoms with Gasteiger partial charge in [0.05, 0.1) is 17.2 Å². The summed E-state index contributed by atoms with van der Waals surface area (Å²) in [6.45, 7) is 5.03. The normalized spacial score (nSPS) is 14.1. The lowest BCUT2D eigenvalue weighted by Crippen LogP contribution is -2.34. The van der Waals surface area contributed by atoms with Crippen LogP contribution in [-0.4, -0.2) is 40.0 Å². The number of furan rings is 1. The number of likely N-dealkylation sites (tertiary alicyclic amines) is 1. The third-order valence-electron chi connectivity index (χ3n) is 5.46. The molecule has 0 atom stereocenters. The Balaban J connectivity index is 0.00000272. The minimum Gasteiger partial charge on any atom is -0.442 e. The molecule has 1 saturated heterocycles. The van der Waals surface area contributed by atoms with E-state index >= 15 is 0 Å². The molecular weight excluding hydrogens is 418 g/mol. The van der Waals surface area contributed by atoms with Crippen molar-refractivity contribution in [2.45, 2.75) is 32.7 Å². The standard InChI is InChI=1S/C22H23N5O3.ClH/c1-15-18(20(28)25-17-7-5-16(13-23)6-8-17)19-21(30-15)24-14-27(22(19)29)12-11-26-9-3-2-4-10-26;/h5-8,14H,2-4,9-12H2,1H3,(H,25,28);1H. The lowest BCUT2D eigenvalue weighted by Gasteiger charge is -2.26. The zero-order chi connectivity index (χ0) is 21.1. The molecule has 4 rings (SSSR count). The van der Waals surface area contributed by atoms with Gasteiger partial charge in [-0.15, -0.1) is 12.4 Å². The van der Waals surface area contributed by atoms with Crippen LogP contribution in [0.15, 0.2) is 39.8 Å². The van der Waals surface area contributed by atoms with Crippen LogP contribution < -0.4 is 10.9 Å². The Labute approximate surface area is 185 Å². The Hall–Kier alpha value is -3.15. The molecule has 1 aliphatic heterocycles. The van der Waals surface area contributed by atoms with E-state index in [1.54, 1.807) is 35.8 Å². The van der Waals surface area contributed by atoms with Crippen molar-refractivity contribution in [3.8, 4) is 6.07 Å². The first kappa shape index (κ1) is 22.5. The van der Waals surface area contributed by atoms with Gasteiger partial charge in [0.2, 0.25) is 5.71 Å². The summed E-state index contributed by atoms with van der Waals surface area (Å²) in [5, 5.41) is 11.9. The molecule has 1 amide bonds. The fraction of sp³-hybridized carbons (Fsp3) is 0.364. The van der Waals surface area contributed by atoms with Crippen LogP contribution in [-0.2, 0) is 6.54 Å². The maximum Gasteiger partial charge on any atom is 0.265 e.